The molecule has 8 nitrogen and oxygen atoms in total. The first kappa shape index (κ1) is 11.7. The molecule has 0 unspecified atom stereocenters. The van der Waals surface area contributed by atoms with Crippen LogP contribution >= 0.6 is 0 Å². The van der Waals surface area contributed by atoms with Gasteiger partial charge in [-0.1, -0.05) is 0 Å². The molecule has 2 rings (SSSR count). The molecule has 0 radical (unpaired) electrons. The zero-order valence-electron chi connectivity index (χ0n) is 8.52. The van der Waals surface area contributed by atoms with E-state index in [0.717, 1.165) is 4.90 Å². The van der Waals surface area contributed by atoms with Crippen molar-refractivity contribution < 1.29 is 25.2 Å². The van der Waals surface area contributed by atoms with Gasteiger partial charge in [-0.25, -0.2) is 0 Å². The molecule has 90 valence electrons. The Morgan fingerprint density at radius 2 is 2.24 bits per heavy atom. The van der Waals surface area contributed by atoms with Gasteiger partial charge >= 0.3 is 5.70 Å². The van der Waals surface area contributed by atoms with E-state index < -0.39 is 37.0 Å². The van der Waals surface area contributed by atoms with Crippen molar-refractivity contribution in [2.45, 2.75) is 24.5 Å². The molecule has 0 spiro atoms. The van der Waals surface area contributed by atoms with Crippen LogP contribution in [-0.2, 0) is 4.74 Å². The van der Waals surface area contributed by atoms with Gasteiger partial charge in [-0.3, -0.25) is 0 Å². The summed E-state index contributed by atoms with van der Waals surface area (Å²) in [5.41, 5.74) is -0.372. The fourth-order valence-corrected chi connectivity index (χ4v) is 1.65. The number of aliphatic hydroxyl groups excluding tert-OH is 3. The lowest BCUT2D eigenvalue weighted by atomic mass is 10.1. The summed E-state index contributed by atoms with van der Waals surface area (Å²) >= 11 is 0. The van der Waals surface area contributed by atoms with Gasteiger partial charge in [0.05, 0.1) is 6.61 Å². The maximum absolute atomic E-state index is 11.5. The van der Waals surface area contributed by atoms with Crippen LogP contribution in [0.3, 0.4) is 0 Å². The number of aliphatic imine (C=N–C) groups is 1. The van der Waals surface area contributed by atoms with E-state index in [2.05, 4.69) is 11.3 Å². The number of hydrogen-bond acceptors (Lipinski definition) is 8. The number of nitrogens with zero attached hydrogens (tertiary/aromatic N) is 3. The topological polar surface area (TPSA) is 132 Å². The minimum absolute atomic E-state index is 0.372. The summed E-state index contributed by atoms with van der Waals surface area (Å²) in [5, 5.41) is 48.1. The summed E-state index contributed by atoms with van der Waals surface area (Å²) in [6, 6.07) is 1.57. The quantitative estimate of drug-likeness (QED) is 0.430. The number of ether oxygens (including phenoxy) is 1. The summed E-state index contributed by atoms with van der Waals surface area (Å²) < 4.78 is 5.09. The van der Waals surface area contributed by atoms with E-state index >= 15 is 0 Å². The van der Waals surface area contributed by atoms with Crippen LogP contribution in [0.1, 0.15) is 0 Å². The van der Waals surface area contributed by atoms with Crippen molar-refractivity contribution in [2.24, 2.45) is 4.99 Å². The molecule has 0 bridgehead atoms. The van der Waals surface area contributed by atoms with E-state index in [1.165, 1.54) is 0 Å². The molecule has 0 saturated carbocycles. The van der Waals surface area contributed by atoms with Gasteiger partial charge < -0.3 is 25.2 Å². The average Bonchev–Trinajstić information content (AvgIpc) is 2.82. The Morgan fingerprint density at radius 3 is 2.71 bits per heavy atom. The molecule has 2 heterocycles. The lowest BCUT2D eigenvalue weighted by Crippen LogP contribution is -2.44. The number of nitriles is 1. The standard InChI is InChI=1S/C9H9N3O5/c10-1-4-8(16)12(3-11-4)9-7(15)6(14)5(2-13)17-9/h5-7,9,13-15H,2H2/t5-,6-,7-,9-/m1/s1. The van der Waals surface area contributed by atoms with Crippen molar-refractivity contribution in [1.29, 1.82) is 5.26 Å². The number of aliphatic hydroxyl groups is 3. The predicted molar refractivity (Wildman–Crippen MR) is 49.7 cm³/mol. The molecular formula is C9H9N3O5. The van der Waals surface area contributed by atoms with Crippen molar-refractivity contribution in [1.82, 2.24) is 4.90 Å². The Kier molecular flexibility index (Phi) is 2.93. The highest BCUT2D eigenvalue weighted by molar-refractivity contribution is 5.65. The maximum Gasteiger partial charge on any atom is 0.315 e. The highest BCUT2D eigenvalue weighted by Crippen LogP contribution is 2.27. The van der Waals surface area contributed by atoms with Gasteiger partial charge in [0.1, 0.15) is 18.3 Å². The molecule has 1 fully saturated rings. The SMILES string of the molecule is N#CC1=C([O-])N([C@@H]2O[C@H](CO)[C@@H](O)[C@H]2O)[C+]=N1. The minimum Gasteiger partial charge on any atom is -0.788 e. The summed E-state index contributed by atoms with van der Waals surface area (Å²) in [4.78, 5) is 4.21. The van der Waals surface area contributed by atoms with E-state index in [0.29, 0.717) is 0 Å². The van der Waals surface area contributed by atoms with Gasteiger partial charge in [-0.15, -0.1) is 4.90 Å². The van der Waals surface area contributed by atoms with Gasteiger partial charge in [0.2, 0.25) is 6.07 Å². The predicted octanol–water partition coefficient (Wildman–Crippen LogP) is -3.30. The molecule has 0 amide bonds. The van der Waals surface area contributed by atoms with Gasteiger partial charge in [0.15, 0.2) is 12.1 Å². The molecule has 0 aromatic rings. The average molecular weight is 239 g/mol. The third-order valence-electron chi connectivity index (χ3n) is 2.57. The third kappa shape index (κ3) is 1.72. The molecule has 0 aromatic carbocycles. The molecule has 1 saturated heterocycles. The zero-order valence-corrected chi connectivity index (χ0v) is 8.52. The fraction of sp³-hybridized carbons (Fsp3) is 0.556. The first-order valence-electron chi connectivity index (χ1n) is 4.79. The summed E-state index contributed by atoms with van der Waals surface area (Å²) in [6.45, 7) is -0.497. The third-order valence-corrected chi connectivity index (χ3v) is 2.57. The minimum atomic E-state index is -1.39. The fourth-order valence-electron chi connectivity index (χ4n) is 1.65. The van der Waals surface area contributed by atoms with Crippen LogP contribution in [0.4, 0.5) is 0 Å². The van der Waals surface area contributed by atoms with Gasteiger partial charge in [-0.2, -0.15) is 5.26 Å². The Morgan fingerprint density at radius 1 is 1.53 bits per heavy atom. The van der Waals surface area contributed by atoms with Crippen molar-refractivity contribution >= 4 is 6.34 Å². The highest BCUT2D eigenvalue weighted by atomic mass is 16.6. The summed E-state index contributed by atoms with van der Waals surface area (Å²) in [7, 11) is 0. The molecule has 0 aliphatic carbocycles. The molecular weight excluding hydrogens is 230 g/mol. The van der Waals surface area contributed by atoms with Crippen molar-refractivity contribution in [3.63, 3.8) is 0 Å². The van der Waals surface area contributed by atoms with Crippen LogP contribution in [0.5, 0.6) is 0 Å². The second-order valence-electron chi connectivity index (χ2n) is 3.58. The Hall–Kier alpha value is -1.75. The monoisotopic (exact) mass is 239 g/mol. The van der Waals surface area contributed by atoms with Crippen LogP contribution in [0, 0.1) is 11.3 Å². The van der Waals surface area contributed by atoms with Crippen LogP contribution in [0.2, 0.25) is 0 Å². The Bertz CT molecular complexity index is 415. The van der Waals surface area contributed by atoms with Crippen LogP contribution < -0.4 is 5.11 Å². The number of allylic oxidation sites excluding steroid dienone is 1. The van der Waals surface area contributed by atoms with Crippen LogP contribution in [0.25, 0.3) is 0 Å². The lowest BCUT2D eigenvalue weighted by molar-refractivity contribution is -0.335. The van der Waals surface area contributed by atoms with Crippen LogP contribution in [0.15, 0.2) is 16.6 Å². The van der Waals surface area contributed by atoms with E-state index in [-0.39, 0.29) is 5.70 Å². The van der Waals surface area contributed by atoms with Crippen molar-refractivity contribution in [3.8, 4) is 6.07 Å². The molecule has 8 heteroatoms. The second kappa shape index (κ2) is 4.25. The first-order valence-corrected chi connectivity index (χ1v) is 4.79. The maximum atomic E-state index is 11.5. The normalized spacial score (nSPS) is 36.2. The molecule has 17 heavy (non-hydrogen) atoms. The Labute approximate surface area is 96.3 Å². The smallest absolute Gasteiger partial charge is 0.315 e. The molecule has 3 N–H and O–H groups in total. The van der Waals surface area contributed by atoms with Crippen molar-refractivity contribution in [2.75, 3.05) is 6.61 Å². The zero-order chi connectivity index (χ0) is 12.6. The van der Waals surface area contributed by atoms with E-state index in [4.69, 9.17) is 15.1 Å². The molecule has 4 atom stereocenters. The largest absolute Gasteiger partial charge is 0.788 e. The van der Waals surface area contributed by atoms with Gasteiger partial charge in [0, 0.05) is 0 Å². The number of hydrogen-bond donors (Lipinski definition) is 3. The Balaban J connectivity index is 2.19. The van der Waals surface area contributed by atoms with E-state index in [1.54, 1.807) is 6.07 Å². The molecule has 0 aromatic heterocycles. The number of rotatable bonds is 2. The first-order chi connectivity index (χ1) is 8.10. The molecule has 2 aliphatic heterocycles. The highest BCUT2D eigenvalue weighted by Gasteiger charge is 2.49. The van der Waals surface area contributed by atoms with Gasteiger partial charge in [0.25, 0.3) is 6.34 Å². The van der Waals surface area contributed by atoms with Gasteiger partial charge in [-0.05, 0) is 4.99 Å². The second-order valence-corrected chi connectivity index (χ2v) is 3.58. The lowest BCUT2D eigenvalue weighted by Gasteiger charge is -2.21. The van der Waals surface area contributed by atoms with Crippen LogP contribution in [-0.4, -0.2) is 57.7 Å². The summed E-state index contributed by atoms with van der Waals surface area (Å²) in [6.07, 6.45) is -2.68. The molecule has 2 aliphatic rings. The van der Waals surface area contributed by atoms with Crippen molar-refractivity contribution in [3.05, 3.63) is 11.6 Å². The van der Waals surface area contributed by atoms with E-state index in [1.807, 2.05) is 0 Å². The van der Waals surface area contributed by atoms with E-state index in [9.17, 15) is 15.3 Å². The summed E-state index contributed by atoms with van der Waals surface area (Å²) in [5.74, 6) is -0.762.